The molecule has 32 heavy (non-hydrogen) atoms. The van der Waals surface area contributed by atoms with Crippen LogP contribution in [0.4, 0.5) is 5.69 Å². The van der Waals surface area contributed by atoms with Crippen molar-refractivity contribution in [2.24, 2.45) is 0 Å². The number of para-hydroxylation sites is 1. The maximum absolute atomic E-state index is 12.8. The molecule has 156 valence electrons. The summed E-state index contributed by atoms with van der Waals surface area (Å²) >= 11 is 0. The van der Waals surface area contributed by atoms with Crippen molar-refractivity contribution in [1.82, 2.24) is 0 Å². The summed E-state index contributed by atoms with van der Waals surface area (Å²) in [4.78, 5) is 12.8. The van der Waals surface area contributed by atoms with E-state index in [0.29, 0.717) is 11.3 Å². The van der Waals surface area contributed by atoms with Crippen LogP contribution in [-0.2, 0) is 4.79 Å². The standard InChI is InChI=1S/C28H22N2O2/c1-20(28(31)30-27-10-6-5-9-26(27)24-7-3-2-4-8-24)32-25-17-15-23(16-18-25)22-13-11-21(19-29)12-14-22/h2-18,20H,1H3,(H,30,31)/t20-/m0/s1. The van der Waals surface area contributed by atoms with E-state index >= 15 is 0 Å². The van der Waals surface area contributed by atoms with Crippen LogP contribution >= 0.6 is 0 Å². The van der Waals surface area contributed by atoms with Crippen LogP contribution in [-0.4, -0.2) is 12.0 Å². The fraction of sp³-hybridized carbons (Fsp3) is 0.0714. The van der Waals surface area contributed by atoms with Crippen molar-refractivity contribution in [2.75, 3.05) is 5.32 Å². The third-order valence-electron chi connectivity index (χ3n) is 5.15. The van der Waals surface area contributed by atoms with E-state index in [1.165, 1.54) is 0 Å². The Morgan fingerprint density at radius 2 is 1.38 bits per heavy atom. The first-order valence-corrected chi connectivity index (χ1v) is 10.4. The second-order valence-electron chi connectivity index (χ2n) is 7.37. The molecule has 4 rings (SSSR count). The predicted molar refractivity (Wildman–Crippen MR) is 127 cm³/mol. The molecule has 1 amide bonds. The van der Waals surface area contributed by atoms with Crippen LogP contribution in [0, 0.1) is 11.3 Å². The van der Waals surface area contributed by atoms with Crippen LogP contribution in [0.3, 0.4) is 0 Å². The molecule has 0 aromatic heterocycles. The van der Waals surface area contributed by atoms with Gasteiger partial charge in [-0.05, 0) is 53.9 Å². The molecule has 0 unspecified atom stereocenters. The monoisotopic (exact) mass is 418 g/mol. The summed E-state index contributed by atoms with van der Waals surface area (Å²) in [6, 6.07) is 34.7. The highest BCUT2D eigenvalue weighted by Gasteiger charge is 2.17. The molecule has 0 aliphatic carbocycles. The van der Waals surface area contributed by atoms with E-state index in [9.17, 15) is 4.79 Å². The molecule has 1 N–H and O–H groups in total. The van der Waals surface area contributed by atoms with Crippen molar-refractivity contribution in [3.05, 3.63) is 109 Å². The van der Waals surface area contributed by atoms with Crippen LogP contribution in [0.2, 0.25) is 0 Å². The van der Waals surface area contributed by atoms with E-state index in [4.69, 9.17) is 10.00 Å². The number of carbonyl (C=O) groups excluding carboxylic acids is 1. The molecule has 4 nitrogen and oxygen atoms in total. The first-order chi connectivity index (χ1) is 15.6. The lowest BCUT2D eigenvalue weighted by Gasteiger charge is -2.17. The van der Waals surface area contributed by atoms with Gasteiger partial charge >= 0.3 is 0 Å². The van der Waals surface area contributed by atoms with Crippen LogP contribution in [0.5, 0.6) is 5.75 Å². The Bertz CT molecular complexity index is 1240. The topological polar surface area (TPSA) is 62.1 Å². The summed E-state index contributed by atoms with van der Waals surface area (Å²) in [5.74, 6) is 0.394. The fourth-order valence-electron chi connectivity index (χ4n) is 3.42. The van der Waals surface area contributed by atoms with Crippen molar-refractivity contribution in [3.63, 3.8) is 0 Å². The molecule has 0 bridgehead atoms. The second kappa shape index (κ2) is 9.63. The third kappa shape index (κ3) is 4.85. The second-order valence-corrected chi connectivity index (χ2v) is 7.37. The maximum Gasteiger partial charge on any atom is 0.265 e. The minimum atomic E-state index is -0.667. The molecular formula is C28H22N2O2. The highest BCUT2D eigenvalue weighted by Crippen LogP contribution is 2.28. The van der Waals surface area contributed by atoms with Gasteiger partial charge in [-0.3, -0.25) is 4.79 Å². The molecule has 0 aliphatic heterocycles. The Hall–Kier alpha value is -4.36. The van der Waals surface area contributed by atoms with Crippen molar-refractivity contribution in [2.45, 2.75) is 13.0 Å². The minimum Gasteiger partial charge on any atom is -0.481 e. The summed E-state index contributed by atoms with van der Waals surface area (Å²) in [6.07, 6.45) is -0.667. The van der Waals surface area contributed by atoms with Gasteiger partial charge in [0.15, 0.2) is 6.10 Å². The van der Waals surface area contributed by atoms with Gasteiger partial charge in [-0.25, -0.2) is 0 Å². The predicted octanol–water partition coefficient (Wildman–Crippen LogP) is 6.30. The van der Waals surface area contributed by atoms with Gasteiger partial charge in [0.1, 0.15) is 5.75 Å². The highest BCUT2D eigenvalue weighted by atomic mass is 16.5. The van der Waals surface area contributed by atoms with Gasteiger partial charge in [-0.2, -0.15) is 5.26 Å². The number of rotatable bonds is 6. The smallest absolute Gasteiger partial charge is 0.265 e. The van der Waals surface area contributed by atoms with E-state index in [2.05, 4.69) is 11.4 Å². The largest absolute Gasteiger partial charge is 0.481 e. The van der Waals surface area contributed by atoms with E-state index in [1.54, 1.807) is 19.1 Å². The Balaban J connectivity index is 1.43. The van der Waals surface area contributed by atoms with Gasteiger partial charge in [-0.1, -0.05) is 72.8 Å². The van der Waals surface area contributed by atoms with Crippen molar-refractivity contribution >= 4 is 11.6 Å². The number of benzene rings is 4. The van der Waals surface area contributed by atoms with Gasteiger partial charge in [0, 0.05) is 11.3 Å². The zero-order valence-electron chi connectivity index (χ0n) is 17.7. The summed E-state index contributed by atoms with van der Waals surface area (Å²) in [5.41, 5.74) is 5.39. The Morgan fingerprint density at radius 3 is 2.03 bits per heavy atom. The van der Waals surface area contributed by atoms with Gasteiger partial charge in [0.25, 0.3) is 5.91 Å². The summed E-state index contributed by atoms with van der Waals surface area (Å²) < 4.78 is 5.87. The highest BCUT2D eigenvalue weighted by molar-refractivity contribution is 5.98. The number of anilines is 1. The number of hydrogen-bond donors (Lipinski definition) is 1. The average molecular weight is 418 g/mol. The first kappa shape index (κ1) is 20.9. The molecule has 0 saturated carbocycles. The van der Waals surface area contributed by atoms with E-state index in [1.807, 2.05) is 91.0 Å². The van der Waals surface area contributed by atoms with E-state index in [-0.39, 0.29) is 5.91 Å². The lowest BCUT2D eigenvalue weighted by molar-refractivity contribution is -0.122. The fourth-order valence-corrected chi connectivity index (χ4v) is 3.42. The molecule has 4 aromatic carbocycles. The quantitative estimate of drug-likeness (QED) is 0.400. The van der Waals surface area contributed by atoms with Crippen molar-refractivity contribution in [3.8, 4) is 34.1 Å². The van der Waals surface area contributed by atoms with Gasteiger partial charge < -0.3 is 10.1 Å². The minimum absolute atomic E-state index is 0.218. The van der Waals surface area contributed by atoms with Crippen LogP contribution in [0.15, 0.2) is 103 Å². The number of hydrogen-bond acceptors (Lipinski definition) is 3. The maximum atomic E-state index is 12.8. The number of amides is 1. The third-order valence-corrected chi connectivity index (χ3v) is 5.15. The van der Waals surface area contributed by atoms with Gasteiger partial charge in [0.05, 0.1) is 11.6 Å². The number of ether oxygens (including phenoxy) is 1. The van der Waals surface area contributed by atoms with Crippen LogP contribution in [0.1, 0.15) is 12.5 Å². The summed E-state index contributed by atoms with van der Waals surface area (Å²) in [7, 11) is 0. The molecule has 1 atom stereocenters. The number of nitrogens with zero attached hydrogens (tertiary/aromatic N) is 1. The molecule has 0 saturated heterocycles. The summed E-state index contributed by atoms with van der Waals surface area (Å²) in [5, 5.41) is 11.9. The summed E-state index contributed by atoms with van der Waals surface area (Å²) in [6.45, 7) is 1.73. The van der Waals surface area contributed by atoms with E-state index < -0.39 is 6.10 Å². The molecule has 0 heterocycles. The normalized spacial score (nSPS) is 11.2. The zero-order chi connectivity index (χ0) is 22.3. The first-order valence-electron chi connectivity index (χ1n) is 10.4. The molecule has 0 aliphatic rings. The Labute approximate surface area is 187 Å². The molecule has 4 heteroatoms. The number of nitrogens with one attached hydrogen (secondary N) is 1. The van der Waals surface area contributed by atoms with Crippen molar-refractivity contribution < 1.29 is 9.53 Å². The van der Waals surface area contributed by atoms with E-state index in [0.717, 1.165) is 27.9 Å². The molecule has 0 radical (unpaired) electrons. The SMILES string of the molecule is C[C@H](Oc1ccc(-c2ccc(C#N)cc2)cc1)C(=O)Nc1ccccc1-c1ccccc1. The number of nitriles is 1. The molecule has 0 fully saturated rings. The molecule has 4 aromatic rings. The zero-order valence-corrected chi connectivity index (χ0v) is 17.7. The Kier molecular flexibility index (Phi) is 6.29. The lowest BCUT2D eigenvalue weighted by Crippen LogP contribution is -2.30. The van der Waals surface area contributed by atoms with Gasteiger partial charge in [0.2, 0.25) is 0 Å². The van der Waals surface area contributed by atoms with Gasteiger partial charge in [-0.15, -0.1) is 0 Å². The lowest BCUT2D eigenvalue weighted by atomic mass is 10.0. The average Bonchev–Trinajstić information content (AvgIpc) is 2.85. The van der Waals surface area contributed by atoms with Crippen LogP contribution < -0.4 is 10.1 Å². The number of carbonyl (C=O) groups is 1. The molecule has 0 spiro atoms. The molecular weight excluding hydrogens is 396 g/mol. The Morgan fingerprint density at radius 1 is 0.781 bits per heavy atom. The van der Waals surface area contributed by atoms with Crippen molar-refractivity contribution in [1.29, 1.82) is 5.26 Å². The van der Waals surface area contributed by atoms with Crippen LogP contribution in [0.25, 0.3) is 22.3 Å².